The van der Waals surface area contributed by atoms with Crippen LogP contribution in [0.2, 0.25) is 0 Å². The number of hydrogen-bond acceptors (Lipinski definition) is 3. The smallest absolute Gasteiger partial charge is 0.238 e. The maximum absolute atomic E-state index is 13.8. The van der Waals surface area contributed by atoms with Crippen molar-refractivity contribution in [2.45, 2.75) is 57.2 Å². The molecule has 1 N–H and O–H groups in total. The highest BCUT2D eigenvalue weighted by Gasteiger charge is 2.25. The zero-order valence-electron chi connectivity index (χ0n) is 14.5. The van der Waals surface area contributed by atoms with Crippen LogP contribution in [0.1, 0.15) is 44.9 Å². The summed E-state index contributed by atoms with van der Waals surface area (Å²) in [5, 5.41) is 2.65. The number of likely N-dealkylation sites (tertiary alicyclic amines) is 1. The number of hydrogen-bond donors (Lipinski definition) is 1. The molecule has 1 saturated heterocycles. The van der Waals surface area contributed by atoms with E-state index in [1.165, 1.54) is 38.2 Å². The van der Waals surface area contributed by atoms with E-state index >= 15 is 0 Å². The molecular formula is C19H26BrFN2O2. The Morgan fingerprint density at radius 3 is 2.52 bits per heavy atom. The van der Waals surface area contributed by atoms with Gasteiger partial charge in [-0.25, -0.2) is 4.39 Å². The fraction of sp³-hybridized carbons (Fsp3) is 0.632. The van der Waals surface area contributed by atoms with Crippen LogP contribution in [-0.4, -0.2) is 42.6 Å². The molecule has 1 heterocycles. The van der Waals surface area contributed by atoms with Crippen molar-refractivity contribution in [1.82, 2.24) is 4.90 Å². The molecule has 2 aliphatic rings. The summed E-state index contributed by atoms with van der Waals surface area (Å²) in [7, 11) is 0. The van der Waals surface area contributed by atoms with Crippen LogP contribution >= 0.6 is 15.9 Å². The summed E-state index contributed by atoms with van der Waals surface area (Å²) >= 11 is 3.21. The lowest BCUT2D eigenvalue weighted by Crippen LogP contribution is -2.42. The van der Waals surface area contributed by atoms with Gasteiger partial charge in [0.1, 0.15) is 5.82 Å². The monoisotopic (exact) mass is 412 g/mol. The third-order valence-electron chi connectivity index (χ3n) is 5.04. The van der Waals surface area contributed by atoms with Crippen molar-refractivity contribution in [1.29, 1.82) is 0 Å². The molecule has 1 aliphatic carbocycles. The molecule has 0 atom stereocenters. The highest BCUT2D eigenvalue weighted by Crippen LogP contribution is 2.25. The number of rotatable bonds is 5. The third kappa shape index (κ3) is 5.76. The third-order valence-corrected chi connectivity index (χ3v) is 5.54. The number of benzene rings is 1. The van der Waals surface area contributed by atoms with Crippen LogP contribution < -0.4 is 5.32 Å². The van der Waals surface area contributed by atoms with E-state index in [4.69, 9.17) is 4.74 Å². The zero-order chi connectivity index (χ0) is 17.6. The van der Waals surface area contributed by atoms with E-state index in [9.17, 15) is 9.18 Å². The standard InChI is InChI=1S/C19H26BrFN2O2/c20-14-6-7-18(17(21)12-14)22-19(24)13-23-10-8-16(9-11-23)25-15-4-2-1-3-5-15/h6-7,12,15-16H,1-5,8-11,13H2,(H,22,24). The summed E-state index contributed by atoms with van der Waals surface area (Å²) in [6.45, 7) is 2.01. The highest BCUT2D eigenvalue weighted by molar-refractivity contribution is 9.10. The van der Waals surface area contributed by atoms with Crippen LogP contribution in [0.4, 0.5) is 10.1 Å². The number of carbonyl (C=O) groups excluding carboxylic acids is 1. The molecule has 1 amide bonds. The minimum Gasteiger partial charge on any atom is -0.375 e. The molecule has 1 aliphatic heterocycles. The molecule has 138 valence electrons. The van der Waals surface area contributed by atoms with Gasteiger partial charge in [-0.1, -0.05) is 35.2 Å². The van der Waals surface area contributed by atoms with Crippen molar-refractivity contribution in [3.8, 4) is 0 Å². The van der Waals surface area contributed by atoms with E-state index in [-0.39, 0.29) is 11.6 Å². The number of nitrogens with one attached hydrogen (secondary N) is 1. The Hall–Kier alpha value is -0.980. The lowest BCUT2D eigenvalue weighted by molar-refractivity contribution is -0.118. The SMILES string of the molecule is O=C(CN1CCC(OC2CCCCC2)CC1)Nc1ccc(Br)cc1F. The molecule has 0 radical (unpaired) electrons. The topological polar surface area (TPSA) is 41.6 Å². The molecule has 0 unspecified atom stereocenters. The van der Waals surface area contributed by atoms with Crippen molar-refractivity contribution < 1.29 is 13.9 Å². The van der Waals surface area contributed by atoms with E-state index in [1.807, 2.05) is 0 Å². The van der Waals surface area contributed by atoms with Crippen LogP contribution in [0.15, 0.2) is 22.7 Å². The summed E-state index contributed by atoms with van der Waals surface area (Å²) < 4.78 is 20.7. The number of carbonyl (C=O) groups is 1. The van der Waals surface area contributed by atoms with Crippen LogP contribution in [-0.2, 0) is 9.53 Å². The van der Waals surface area contributed by atoms with E-state index < -0.39 is 5.82 Å². The molecule has 3 rings (SSSR count). The van der Waals surface area contributed by atoms with Crippen molar-refractivity contribution >= 4 is 27.5 Å². The number of piperidine rings is 1. The van der Waals surface area contributed by atoms with Crippen molar-refractivity contribution in [3.63, 3.8) is 0 Å². The number of ether oxygens (including phenoxy) is 1. The van der Waals surface area contributed by atoms with Crippen molar-refractivity contribution in [2.75, 3.05) is 25.0 Å². The first-order valence-corrected chi connectivity index (χ1v) is 10.0. The minimum atomic E-state index is -0.428. The maximum atomic E-state index is 13.8. The molecule has 2 fully saturated rings. The van der Waals surface area contributed by atoms with Crippen LogP contribution in [0.3, 0.4) is 0 Å². The van der Waals surface area contributed by atoms with Crippen LogP contribution in [0.5, 0.6) is 0 Å². The van der Waals surface area contributed by atoms with E-state index in [0.717, 1.165) is 25.9 Å². The zero-order valence-corrected chi connectivity index (χ0v) is 16.1. The first-order chi connectivity index (χ1) is 12.1. The number of amides is 1. The summed E-state index contributed by atoms with van der Waals surface area (Å²) in [6.07, 6.45) is 9.01. The number of halogens is 2. The van der Waals surface area contributed by atoms with E-state index in [0.29, 0.717) is 23.2 Å². The van der Waals surface area contributed by atoms with Gasteiger partial charge in [-0.2, -0.15) is 0 Å². The Morgan fingerprint density at radius 2 is 1.84 bits per heavy atom. The first kappa shape index (κ1) is 18.8. The van der Waals surface area contributed by atoms with Gasteiger partial charge in [0, 0.05) is 17.6 Å². The molecule has 1 aromatic carbocycles. The molecule has 4 nitrogen and oxygen atoms in total. The van der Waals surface area contributed by atoms with E-state index in [1.54, 1.807) is 12.1 Å². The lowest BCUT2D eigenvalue weighted by atomic mass is 9.97. The van der Waals surface area contributed by atoms with E-state index in [2.05, 4.69) is 26.1 Å². The molecule has 0 aromatic heterocycles. The predicted octanol–water partition coefficient (Wildman–Crippen LogP) is 4.34. The fourth-order valence-corrected chi connectivity index (χ4v) is 3.99. The molecular weight excluding hydrogens is 387 g/mol. The fourth-order valence-electron chi connectivity index (χ4n) is 3.66. The van der Waals surface area contributed by atoms with Gasteiger partial charge in [-0.3, -0.25) is 9.69 Å². The van der Waals surface area contributed by atoms with Gasteiger partial charge in [0.25, 0.3) is 0 Å². The normalized spacial score (nSPS) is 20.6. The Balaban J connectivity index is 1.40. The Morgan fingerprint density at radius 1 is 1.16 bits per heavy atom. The average molecular weight is 413 g/mol. The lowest BCUT2D eigenvalue weighted by Gasteiger charge is -2.34. The number of nitrogens with zero attached hydrogens (tertiary/aromatic N) is 1. The van der Waals surface area contributed by atoms with Crippen molar-refractivity contribution in [3.05, 3.63) is 28.5 Å². The molecule has 1 aromatic rings. The largest absolute Gasteiger partial charge is 0.375 e. The van der Waals surface area contributed by atoms with Gasteiger partial charge in [-0.05, 0) is 43.9 Å². The number of anilines is 1. The van der Waals surface area contributed by atoms with Gasteiger partial charge >= 0.3 is 0 Å². The second-order valence-corrected chi connectivity index (χ2v) is 7.96. The quantitative estimate of drug-likeness (QED) is 0.781. The highest BCUT2D eigenvalue weighted by atomic mass is 79.9. The second-order valence-electron chi connectivity index (χ2n) is 7.04. The average Bonchev–Trinajstić information content (AvgIpc) is 2.60. The molecule has 6 heteroatoms. The van der Waals surface area contributed by atoms with Gasteiger partial charge in [0.05, 0.1) is 24.4 Å². The first-order valence-electron chi connectivity index (χ1n) is 9.23. The summed E-state index contributed by atoms with van der Waals surface area (Å²) in [5.74, 6) is -0.602. The summed E-state index contributed by atoms with van der Waals surface area (Å²) in [5.41, 5.74) is 0.226. The minimum absolute atomic E-state index is 0.173. The molecule has 0 bridgehead atoms. The van der Waals surface area contributed by atoms with Gasteiger partial charge < -0.3 is 10.1 Å². The van der Waals surface area contributed by atoms with Crippen molar-refractivity contribution in [2.24, 2.45) is 0 Å². The Kier molecular flexibility index (Phi) is 6.84. The molecule has 25 heavy (non-hydrogen) atoms. The second kappa shape index (κ2) is 9.10. The summed E-state index contributed by atoms with van der Waals surface area (Å²) in [6, 6.07) is 4.64. The summed E-state index contributed by atoms with van der Waals surface area (Å²) in [4.78, 5) is 14.3. The van der Waals surface area contributed by atoms with Gasteiger partial charge in [0.15, 0.2) is 0 Å². The Bertz CT molecular complexity index is 585. The predicted molar refractivity (Wildman–Crippen MR) is 100 cm³/mol. The van der Waals surface area contributed by atoms with Crippen LogP contribution in [0.25, 0.3) is 0 Å². The Labute approximate surface area is 157 Å². The molecule has 1 saturated carbocycles. The maximum Gasteiger partial charge on any atom is 0.238 e. The van der Waals surface area contributed by atoms with Gasteiger partial charge in [0.2, 0.25) is 5.91 Å². The van der Waals surface area contributed by atoms with Crippen LogP contribution in [0, 0.1) is 5.82 Å². The van der Waals surface area contributed by atoms with Gasteiger partial charge in [-0.15, -0.1) is 0 Å². The molecule has 0 spiro atoms.